The highest BCUT2D eigenvalue weighted by Crippen LogP contribution is 2.44. The number of hydrogen-bond acceptors (Lipinski definition) is 5. The van der Waals surface area contributed by atoms with Gasteiger partial charge < -0.3 is 9.29 Å². The number of ketones is 1. The number of carbonyl (C=O) groups is 1. The Bertz CT molecular complexity index is 660. The van der Waals surface area contributed by atoms with E-state index in [2.05, 4.69) is 16.3 Å². The highest BCUT2D eigenvalue weighted by Gasteiger charge is 2.47. The Morgan fingerprint density at radius 2 is 2.29 bits per heavy atom. The van der Waals surface area contributed by atoms with Crippen molar-refractivity contribution < 1.29 is 14.1 Å². The fraction of sp³-hybridized carbons (Fsp3) is 0.529. The van der Waals surface area contributed by atoms with Gasteiger partial charge in [-0.1, -0.05) is 17.7 Å². The van der Waals surface area contributed by atoms with Gasteiger partial charge in [-0.15, -0.1) is 11.3 Å². The van der Waals surface area contributed by atoms with Crippen LogP contribution >= 0.6 is 11.6 Å². The van der Waals surface area contributed by atoms with Gasteiger partial charge in [-0.2, -0.15) is 0 Å². The first-order valence-electron chi connectivity index (χ1n) is 7.76. The van der Waals surface area contributed by atoms with Gasteiger partial charge in [0.1, 0.15) is 22.6 Å². The van der Waals surface area contributed by atoms with Crippen LogP contribution in [0.3, 0.4) is 0 Å². The Kier molecular flexibility index (Phi) is 5.64. The molecule has 132 valence electrons. The molecule has 2 atom stereocenters. The lowest BCUT2D eigenvalue weighted by molar-refractivity contribution is 0.101. The molecule has 2 unspecified atom stereocenters. The van der Waals surface area contributed by atoms with E-state index in [0.717, 1.165) is 5.56 Å². The largest absolute Gasteiger partial charge is 0.598 e. The summed E-state index contributed by atoms with van der Waals surface area (Å²) in [6, 6.07) is 1.69. The first-order chi connectivity index (χ1) is 11.1. The van der Waals surface area contributed by atoms with E-state index in [1.54, 1.807) is 12.1 Å². The molecule has 2 heterocycles. The molecule has 0 saturated heterocycles. The van der Waals surface area contributed by atoms with Crippen LogP contribution in [0.4, 0.5) is 0 Å². The molecule has 0 aromatic carbocycles. The van der Waals surface area contributed by atoms with Gasteiger partial charge in [0.05, 0.1) is 0 Å². The Morgan fingerprint density at radius 1 is 1.62 bits per heavy atom. The molecule has 1 aliphatic rings. The molecule has 0 saturated carbocycles. The predicted octanol–water partition coefficient (Wildman–Crippen LogP) is 3.54. The van der Waals surface area contributed by atoms with Crippen molar-refractivity contribution in [1.82, 2.24) is 9.71 Å². The van der Waals surface area contributed by atoms with E-state index in [1.165, 1.54) is 6.92 Å². The number of allylic oxidation sites excluding steroid dienone is 1. The minimum Gasteiger partial charge on any atom is -0.598 e. The minimum atomic E-state index is -1.31. The molecule has 24 heavy (non-hydrogen) atoms. The Morgan fingerprint density at radius 3 is 2.83 bits per heavy atom. The second kappa shape index (κ2) is 7.04. The van der Waals surface area contributed by atoms with Crippen LogP contribution in [-0.2, 0) is 16.9 Å². The van der Waals surface area contributed by atoms with Crippen molar-refractivity contribution >= 4 is 28.7 Å². The van der Waals surface area contributed by atoms with Crippen LogP contribution < -0.4 is 9.46 Å². The first kappa shape index (κ1) is 19.2. The maximum Gasteiger partial charge on any atom is 0.178 e. The predicted molar refractivity (Wildman–Crippen MR) is 96.9 cm³/mol. The number of hydrogen-bond donors (Lipinski definition) is 1. The van der Waals surface area contributed by atoms with Crippen LogP contribution in [0.5, 0.6) is 5.75 Å². The summed E-state index contributed by atoms with van der Waals surface area (Å²) in [5, 5.41) is 0.154. The van der Waals surface area contributed by atoms with Crippen LogP contribution in [0.2, 0.25) is 5.15 Å². The number of halogens is 1. The van der Waals surface area contributed by atoms with E-state index >= 15 is 0 Å². The molecule has 0 bridgehead atoms. The summed E-state index contributed by atoms with van der Waals surface area (Å²) in [5.74, 6) is 0.269. The second-order valence-corrected chi connectivity index (χ2v) is 9.24. The van der Waals surface area contributed by atoms with Crippen LogP contribution in [-0.4, -0.2) is 26.7 Å². The number of Topliss-reactive ketones (excluding diaryl/α,β-unsaturated/α-hetero) is 1. The zero-order chi connectivity index (χ0) is 18.1. The Hall–Kier alpha value is -1.08. The van der Waals surface area contributed by atoms with Gasteiger partial charge in [0.25, 0.3) is 0 Å². The molecule has 1 aromatic heterocycles. The highest BCUT2D eigenvalue weighted by molar-refractivity contribution is 7.90. The standard InChI is InChI=1S/C17H23ClN2O3S/c1-6-7-8-17(20-24(22)16(3,4)5)10-23-14-12(17)9-13(11(2)21)19-15(14)18/h6,9,20H,1,7-8,10H2,2-5H3. The molecule has 0 fully saturated rings. The van der Waals surface area contributed by atoms with E-state index in [4.69, 9.17) is 16.3 Å². The van der Waals surface area contributed by atoms with E-state index in [1.807, 2.05) is 20.8 Å². The smallest absolute Gasteiger partial charge is 0.178 e. The van der Waals surface area contributed by atoms with Crippen molar-refractivity contribution in [2.24, 2.45) is 0 Å². The lowest BCUT2D eigenvalue weighted by Gasteiger charge is -2.34. The van der Waals surface area contributed by atoms with Crippen molar-refractivity contribution in [2.45, 2.75) is 50.8 Å². The van der Waals surface area contributed by atoms with Gasteiger partial charge in [0.2, 0.25) is 0 Å². The average Bonchev–Trinajstić information content (AvgIpc) is 2.84. The normalized spacial score (nSPS) is 21.1. The lowest BCUT2D eigenvalue weighted by atomic mass is 9.88. The van der Waals surface area contributed by atoms with Gasteiger partial charge in [0, 0.05) is 23.8 Å². The van der Waals surface area contributed by atoms with Gasteiger partial charge in [-0.05, 0) is 39.7 Å². The molecule has 1 aliphatic heterocycles. The zero-order valence-electron chi connectivity index (χ0n) is 14.4. The number of ether oxygens (including phenoxy) is 1. The monoisotopic (exact) mass is 370 g/mol. The van der Waals surface area contributed by atoms with Crippen LogP contribution in [0.15, 0.2) is 18.7 Å². The molecule has 5 nitrogen and oxygen atoms in total. The van der Waals surface area contributed by atoms with E-state index in [9.17, 15) is 9.35 Å². The van der Waals surface area contributed by atoms with Gasteiger partial charge in [-0.25, -0.2) is 4.98 Å². The van der Waals surface area contributed by atoms with Crippen molar-refractivity contribution in [3.63, 3.8) is 0 Å². The third-order valence-corrected chi connectivity index (χ3v) is 5.83. The molecule has 7 heteroatoms. The summed E-state index contributed by atoms with van der Waals surface area (Å²) in [5.41, 5.74) is 0.307. The summed E-state index contributed by atoms with van der Waals surface area (Å²) in [7, 11) is 0. The average molecular weight is 371 g/mol. The quantitative estimate of drug-likeness (QED) is 0.359. The molecule has 2 rings (SSSR count). The molecular weight excluding hydrogens is 348 g/mol. The molecule has 0 aliphatic carbocycles. The van der Waals surface area contributed by atoms with Gasteiger partial charge >= 0.3 is 0 Å². The molecule has 1 aromatic rings. The highest BCUT2D eigenvalue weighted by atomic mass is 35.5. The zero-order valence-corrected chi connectivity index (χ0v) is 16.0. The van der Waals surface area contributed by atoms with Crippen LogP contribution in [0.25, 0.3) is 0 Å². The summed E-state index contributed by atoms with van der Waals surface area (Å²) in [6.07, 6.45) is 3.13. The maximum atomic E-state index is 12.7. The van der Waals surface area contributed by atoms with Gasteiger partial charge in [0.15, 0.2) is 16.7 Å². The number of nitrogens with one attached hydrogen (secondary N) is 1. The molecule has 0 amide bonds. The number of fused-ring (bicyclic) bond motifs is 1. The van der Waals surface area contributed by atoms with Gasteiger partial charge in [-0.3, -0.25) is 4.79 Å². The maximum absolute atomic E-state index is 12.7. The fourth-order valence-electron chi connectivity index (χ4n) is 2.47. The minimum absolute atomic E-state index is 0.154. The number of rotatable bonds is 6. The summed E-state index contributed by atoms with van der Waals surface area (Å²) in [4.78, 5) is 15.8. The van der Waals surface area contributed by atoms with Crippen molar-refractivity contribution in [3.8, 4) is 5.75 Å². The Labute approximate surface area is 151 Å². The molecule has 0 radical (unpaired) electrons. The third kappa shape index (κ3) is 3.77. The SMILES string of the molecule is C=CCCC1(N[S+]([O-])C(C)(C)C)COc2c1cc(C(C)=O)nc2Cl. The molecule has 1 N–H and O–H groups in total. The van der Waals surface area contributed by atoms with E-state index in [0.29, 0.717) is 18.6 Å². The van der Waals surface area contributed by atoms with E-state index in [-0.39, 0.29) is 23.2 Å². The number of pyridine rings is 1. The number of nitrogens with zero attached hydrogens (tertiary/aromatic N) is 1. The molecule has 0 spiro atoms. The summed E-state index contributed by atoms with van der Waals surface area (Å²) in [6.45, 7) is 11.2. The van der Waals surface area contributed by atoms with Crippen molar-refractivity contribution in [3.05, 3.63) is 35.1 Å². The Balaban J connectivity index is 2.52. The van der Waals surface area contributed by atoms with Crippen LogP contribution in [0.1, 0.15) is 56.6 Å². The molecular formula is C17H23ClN2O3S. The van der Waals surface area contributed by atoms with Crippen molar-refractivity contribution in [2.75, 3.05) is 6.61 Å². The van der Waals surface area contributed by atoms with Crippen molar-refractivity contribution in [1.29, 1.82) is 0 Å². The first-order valence-corrected chi connectivity index (χ1v) is 9.29. The summed E-state index contributed by atoms with van der Waals surface area (Å²) >= 11 is 4.88. The second-order valence-electron chi connectivity index (χ2n) is 6.91. The number of carbonyl (C=O) groups excluding carboxylic acids is 1. The topological polar surface area (TPSA) is 74.3 Å². The fourth-order valence-corrected chi connectivity index (χ4v) is 3.65. The van der Waals surface area contributed by atoms with Crippen LogP contribution in [0, 0.1) is 0 Å². The number of aromatic nitrogens is 1. The third-order valence-electron chi connectivity index (χ3n) is 3.89. The lowest BCUT2D eigenvalue weighted by Crippen LogP contribution is -2.52. The summed E-state index contributed by atoms with van der Waals surface area (Å²) < 4.78 is 21.2. The van der Waals surface area contributed by atoms with E-state index < -0.39 is 21.6 Å².